The Bertz CT molecular complexity index is 1510. The zero-order chi connectivity index (χ0) is 24.4. The molecule has 0 saturated carbocycles. The second kappa shape index (κ2) is 9.24. The van der Waals surface area contributed by atoms with E-state index in [2.05, 4.69) is 21.6 Å². The molecule has 11 nitrogen and oxygen atoms in total. The van der Waals surface area contributed by atoms with Crippen molar-refractivity contribution in [1.82, 2.24) is 14.9 Å². The third-order valence-electron chi connectivity index (χ3n) is 5.46. The van der Waals surface area contributed by atoms with Crippen LogP contribution in [0.5, 0.6) is 11.5 Å². The molecule has 0 fully saturated rings. The quantitative estimate of drug-likeness (QED) is 0.204. The number of rotatable bonds is 9. The van der Waals surface area contributed by atoms with Gasteiger partial charge in [-0.25, -0.2) is 8.42 Å². The van der Waals surface area contributed by atoms with Crippen LogP contribution in [0.4, 0.5) is 5.82 Å². The number of benzene rings is 2. The second-order valence-electron chi connectivity index (χ2n) is 7.70. The first-order valence-electron chi connectivity index (χ1n) is 10.6. The molecule has 180 valence electrons. The van der Waals surface area contributed by atoms with Gasteiger partial charge in [0.15, 0.2) is 17.8 Å². The van der Waals surface area contributed by atoms with Gasteiger partial charge >= 0.3 is 0 Å². The van der Waals surface area contributed by atoms with Gasteiger partial charge in [0.05, 0.1) is 26.0 Å². The van der Waals surface area contributed by atoms with E-state index in [9.17, 15) is 8.42 Å². The Kier molecular flexibility index (Phi) is 5.97. The maximum atomic E-state index is 13.4. The predicted octanol–water partition coefficient (Wildman–Crippen LogP) is 3.45. The van der Waals surface area contributed by atoms with Crippen molar-refractivity contribution in [3.8, 4) is 11.5 Å². The molecule has 3 heterocycles. The monoisotopic (exact) mass is 495 g/mol. The summed E-state index contributed by atoms with van der Waals surface area (Å²) in [5.41, 5.74) is 2.77. The van der Waals surface area contributed by atoms with Crippen LogP contribution in [0.25, 0.3) is 11.0 Å². The molecule has 0 spiro atoms. The highest BCUT2D eigenvalue weighted by molar-refractivity contribution is 7.92. The summed E-state index contributed by atoms with van der Waals surface area (Å²) < 4.78 is 52.7. The van der Waals surface area contributed by atoms with Gasteiger partial charge in [-0.3, -0.25) is 14.8 Å². The highest BCUT2D eigenvalue weighted by Gasteiger charge is 2.27. The third-order valence-corrected chi connectivity index (χ3v) is 6.82. The van der Waals surface area contributed by atoms with Crippen molar-refractivity contribution in [2.24, 2.45) is 0 Å². The molecule has 2 N–H and O–H groups in total. The minimum Gasteiger partial charge on any atom is -0.465 e. The first-order chi connectivity index (χ1) is 17.0. The Morgan fingerprint density at radius 1 is 1.20 bits per heavy atom. The third kappa shape index (κ3) is 4.48. The minimum atomic E-state index is -4.18. The summed E-state index contributed by atoms with van der Waals surface area (Å²) in [6.45, 7) is 4.88. The van der Waals surface area contributed by atoms with Gasteiger partial charge in [-0.15, -0.1) is 0 Å². The Balaban J connectivity index is 1.55. The SMILES string of the molecule is C=COc1cc(Cn2cccn2)cc2onc(NS(=O)(=O)c3cc4c(cc3OC=N)COCC4)c12. The van der Waals surface area contributed by atoms with E-state index >= 15 is 0 Å². The molecule has 0 saturated heterocycles. The van der Waals surface area contributed by atoms with Crippen LogP contribution in [-0.2, 0) is 34.3 Å². The van der Waals surface area contributed by atoms with Gasteiger partial charge in [0, 0.05) is 12.4 Å². The number of nitrogens with zero attached hydrogens (tertiary/aromatic N) is 3. The molecule has 0 aliphatic carbocycles. The summed E-state index contributed by atoms with van der Waals surface area (Å²) in [6.07, 6.45) is 5.96. The van der Waals surface area contributed by atoms with Gasteiger partial charge in [-0.05, 0) is 53.4 Å². The second-order valence-corrected chi connectivity index (χ2v) is 9.35. The van der Waals surface area contributed by atoms with Gasteiger partial charge in [0.25, 0.3) is 10.0 Å². The van der Waals surface area contributed by atoms with Crippen molar-refractivity contribution in [3.63, 3.8) is 0 Å². The molecule has 35 heavy (non-hydrogen) atoms. The summed E-state index contributed by atoms with van der Waals surface area (Å²) in [4.78, 5) is -0.126. The van der Waals surface area contributed by atoms with E-state index in [4.69, 9.17) is 24.1 Å². The van der Waals surface area contributed by atoms with Gasteiger partial charge in [0.1, 0.15) is 21.8 Å². The number of nitrogens with one attached hydrogen (secondary N) is 2. The Morgan fingerprint density at radius 3 is 2.86 bits per heavy atom. The molecule has 1 aliphatic heterocycles. The molecule has 0 atom stereocenters. The highest BCUT2D eigenvalue weighted by atomic mass is 32.2. The van der Waals surface area contributed by atoms with Crippen molar-refractivity contribution in [3.05, 3.63) is 72.3 Å². The molecule has 4 aromatic rings. The van der Waals surface area contributed by atoms with E-state index in [0.29, 0.717) is 49.3 Å². The van der Waals surface area contributed by atoms with Gasteiger partial charge < -0.3 is 18.7 Å². The van der Waals surface area contributed by atoms with Crippen LogP contribution in [0.2, 0.25) is 0 Å². The lowest BCUT2D eigenvalue weighted by Gasteiger charge is -2.19. The number of ether oxygens (including phenoxy) is 3. The summed E-state index contributed by atoms with van der Waals surface area (Å²) in [5.74, 6) is 0.273. The molecule has 0 amide bonds. The van der Waals surface area contributed by atoms with E-state index in [1.54, 1.807) is 29.1 Å². The lowest BCUT2D eigenvalue weighted by atomic mass is 10.0. The van der Waals surface area contributed by atoms with E-state index in [-0.39, 0.29) is 16.5 Å². The number of sulfonamides is 1. The van der Waals surface area contributed by atoms with Gasteiger partial charge in [-0.1, -0.05) is 11.7 Å². The topological polar surface area (TPSA) is 142 Å². The molecular formula is C23H21N5O6S. The number of hydrogen-bond acceptors (Lipinski definition) is 9. The van der Waals surface area contributed by atoms with Crippen molar-refractivity contribution in [1.29, 1.82) is 5.41 Å². The Labute approximate surface area is 200 Å². The van der Waals surface area contributed by atoms with Crippen molar-refractivity contribution >= 4 is 33.2 Å². The largest absolute Gasteiger partial charge is 0.465 e. The minimum absolute atomic E-state index is 0.00799. The van der Waals surface area contributed by atoms with Crippen LogP contribution in [0.1, 0.15) is 16.7 Å². The standard InChI is InChI=1S/C23H21N5O6S/c1-2-32-19-8-15(12-28-6-3-5-25-28)9-20-22(19)23(26-34-20)27-35(29,30)21-11-16-4-7-31-13-17(16)10-18(21)33-14-24/h2-3,5-6,8-11,14,24H,1,4,7,12-13H2,(H,26,27). The fourth-order valence-electron chi connectivity index (χ4n) is 3.94. The fraction of sp³-hybridized carbons (Fsp3) is 0.174. The molecule has 0 radical (unpaired) electrons. The molecule has 0 bridgehead atoms. The maximum Gasteiger partial charge on any atom is 0.266 e. The van der Waals surface area contributed by atoms with E-state index in [1.165, 1.54) is 12.3 Å². The van der Waals surface area contributed by atoms with Gasteiger partial charge in [0.2, 0.25) is 0 Å². The predicted molar refractivity (Wildman–Crippen MR) is 126 cm³/mol. The average Bonchev–Trinajstić information content (AvgIpc) is 3.49. The average molecular weight is 496 g/mol. The fourth-order valence-corrected chi connectivity index (χ4v) is 5.11. The van der Waals surface area contributed by atoms with Crippen LogP contribution >= 0.6 is 0 Å². The Hall–Kier alpha value is -4.16. The lowest BCUT2D eigenvalue weighted by Crippen LogP contribution is -2.17. The van der Waals surface area contributed by atoms with Crippen molar-refractivity contribution < 1.29 is 27.2 Å². The summed E-state index contributed by atoms with van der Waals surface area (Å²) in [7, 11) is -4.18. The number of hydrogen-bond donors (Lipinski definition) is 2. The zero-order valence-electron chi connectivity index (χ0n) is 18.4. The molecule has 1 aliphatic rings. The molecule has 2 aromatic carbocycles. The van der Waals surface area contributed by atoms with E-state index < -0.39 is 10.0 Å². The van der Waals surface area contributed by atoms with Crippen LogP contribution < -0.4 is 14.2 Å². The Morgan fingerprint density at radius 2 is 2.09 bits per heavy atom. The summed E-state index contributed by atoms with van der Waals surface area (Å²) >= 11 is 0. The maximum absolute atomic E-state index is 13.4. The van der Waals surface area contributed by atoms with Crippen molar-refractivity contribution in [2.45, 2.75) is 24.5 Å². The van der Waals surface area contributed by atoms with Crippen LogP contribution in [-0.4, -0.2) is 36.4 Å². The van der Waals surface area contributed by atoms with Crippen LogP contribution in [0.3, 0.4) is 0 Å². The van der Waals surface area contributed by atoms with Crippen molar-refractivity contribution in [2.75, 3.05) is 11.3 Å². The highest BCUT2D eigenvalue weighted by Crippen LogP contribution is 2.37. The summed E-state index contributed by atoms with van der Waals surface area (Å²) in [6, 6.07) is 8.39. The normalized spacial score (nSPS) is 13.3. The van der Waals surface area contributed by atoms with E-state index in [0.717, 1.165) is 16.7 Å². The van der Waals surface area contributed by atoms with Crippen LogP contribution in [0, 0.1) is 5.41 Å². The van der Waals surface area contributed by atoms with Crippen LogP contribution in [0.15, 0.2) is 65.0 Å². The lowest BCUT2D eigenvalue weighted by molar-refractivity contribution is 0.110. The molecule has 12 heteroatoms. The number of aromatic nitrogens is 3. The molecular weight excluding hydrogens is 474 g/mol. The number of anilines is 1. The molecule has 5 rings (SSSR count). The summed E-state index contributed by atoms with van der Waals surface area (Å²) in [5, 5.41) is 15.8. The first-order valence-corrected chi connectivity index (χ1v) is 12.1. The number of fused-ring (bicyclic) bond motifs is 2. The van der Waals surface area contributed by atoms with Gasteiger partial charge in [-0.2, -0.15) is 5.10 Å². The molecule has 2 aromatic heterocycles. The van der Waals surface area contributed by atoms with E-state index in [1.807, 2.05) is 12.3 Å². The molecule has 0 unspecified atom stereocenters. The first kappa shape index (κ1) is 22.6. The zero-order valence-corrected chi connectivity index (χ0v) is 19.2. The smallest absolute Gasteiger partial charge is 0.266 e.